The SMILES string of the molecule is CCNc1cc(CN2CCC3(CCCCC3)CC2)ccn1. The molecule has 1 N–H and O–H groups in total. The summed E-state index contributed by atoms with van der Waals surface area (Å²) in [4.78, 5) is 6.99. The van der Waals surface area contributed by atoms with E-state index in [1.165, 1.54) is 63.6 Å². The van der Waals surface area contributed by atoms with E-state index in [1.807, 2.05) is 6.20 Å². The first-order chi connectivity index (χ1) is 10.3. The molecular weight excluding hydrogens is 258 g/mol. The molecule has 0 bridgehead atoms. The van der Waals surface area contributed by atoms with Crippen LogP contribution in [0, 0.1) is 5.41 Å². The van der Waals surface area contributed by atoms with E-state index >= 15 is 0 Å². The molecule has 1 saturated heterocycles. The lowest BCUT2D eigenvalue weighted by molar-refractivity contribution is 0.0641. The van der Waals surface area contributed by atoms with Crippen molar-refractivity contribution in [2.24, 2.45) is 5.41 Å². The minimum Gasteiger partial charge on any atom is -0.370 e. The van der Waals surface area contributed by atoms with Crippen molar-refractivity contribution in [2.45, 2.75) is 58.4 Å². The van der Waals surface area contributed by atoms with Gasteiger partial charge in [-0.05, 0) is 68.8 Å². The fourth-order valence-corrected chi connectivity index (χ4v) is 4.10. The molecule has 1 aliphatic heterocycles. The average molecular weight is 287 g/mol. The van der Waals surface area contributed by atoms with E-state index in [2.05, 4.69) is 34.3 Å². The molecule has 3 rings (SSSR count). The van der Waals surface area contributed by atoms with Gasteiger partial charge in [-0.2, -0.15) is 0 Å². The first kappa shape index (κ1) is 14.8. The molecule has 116 valence electrons. The second-order valence-corrected chi connectivity index (χ2v) is 6.92. The monoisotopic (exact) mass is 287 g/mol. The number of nitrogens with zero attached hydrogens (tertiary/aromatic N) is 2. The number of likely N-dealkylation sites (tertiary alicyclic amines) is 1. The summed E-state index contributed by atoms with van der Waals surface area (Å²) >= 11 is 0. The minimum absolute atomic E-state index is 0.710. The van der Waals surface area contributed by atoms with Gasteiger partial charge in [-0.25, -0.2) is 4.98 Å². The maximum Gasteiger partial charge on any atom is 0.126 e. The Morgan fingerprint density at radius 2 is 1.90 bits per heavy atom. The Morgan fingerprint density at radius 3 is 2.62 bits per heavy atom. The van der Waals surface area contributed by atoms with Gasteiger partial charge in [0.1, 0.15) is 5.82 Å². The first-order valence-corrected chi connectivity index (χ1v) is 8.71. The highest BCUT2D eigenvalue weighted by Crippen LogP contribution is 2.44. The minimum atomic E-state index is 0.710. The van der Waals surface area contributed by atoms with E-state index < -0.39 is 0 Å². The van der Waals surface area contributed by atoms with Crippen LogP contribution in [-0.2, 0) is 6.54 Å². The van der Waals surface area contributed by atoms with Crippen LogP contribution < -0.4 is 5.32 Å². The standard InChI is InChI=1S/C18H29N3/c1-2-19-17-14-16(6-11-20-17)15-21-12-9-18(10-13-21)7-4-3-5-8-18/h6,11,14H,2-5,7-10,12-13,15H2,1H3,(H,19,20). The normalized spacial score (nSPS) is 22.3. The number of rotatable bonds is 4. The third-order valence-electron chi connectivity index (χ3n) is 5.42. The van der Waals surface area contributed by atoms with E-state index in [1.54, 1.807) is 0 Å². The molecule has 0 aromatic carbocycles. The maximum absolute atomic E-state index is 4.36. The smallest absolute Gasteiger partial charge is 0.126 e. The van der Waals surface area contributed by atoms with E-state index in [-0.39, 0.29) is 0 Å². The number of anilines is 1. The molecule has 1 aromatic rings. The van der Waals surface area contributed by atoms with Crippen LogP contribution in [0.1, 0.15) is 57.4 Å². The molecule has 1 aliphatic carbocycles. The van der Waals surface area contributed by atoms with Crippen LogP contribution in [0.2, 0.25) is 0 Å². The molecule has 3 heteroatoms. The number of hydrogen-bond acceptors (Lipinski definition) is 3. The lowest BCUT2D eigenvalue weighted by Gasteiger charge is -2.44. The first-order valence-electron chi connectivity index (χ1n) is 8.71. The van der Waals surface area contributed by atoms with Crippen molar-refractivity contribution in [3.05, 3.63) is 23.9 Å². The Kier molecular flexibility index (Phi) is 4.79. The fraction of sp³-hybridized carbons (Fsp3) is 0.722. The Morgan fingerprint density at radius 1 is 1.14 bits per heavy atom. The van der Waals surface area contributed by atoms with Gasteiger partial charge < -0.3 is 5.32 Å². The number of hydrogen-bond donors (Lipinski definition) is 1. The molecule has 2 fully saturated rings. The molecule has 1 aromatic heterocycles. The van der Waals surface area contributed by atoms with Crippen LogP contribution in [0.25, 0.3) is 0 Å². The van der Waals surface area contributed by atoms with Gasteiger partial charge in [0.25, 0.3) is 0 Å². The summed E-state index contributed by atoms with van der Waals surface area (Å²) in [5, 5.41) is 3.30. The highest BCUT2D eigenvalue weighted by Gasteiger charge is 2.35. The van der Waals surface area contributed by atoms with Crippen molar-refractivity contribution in [1.82, 2.24) is 9.88 Å². The van der Waals surface area contributed by atoms with Crippen molar-refractivity contribution >= 4 is 5.82 Å². The summed E-state index contributed by atoms with van der Waals surface area (Å²) in [6.45, 7) is 6.68. The van der Waals surface area contributed by atoms with Gasteiger partial charge in [-0.1, -0.05) is 19.3 Å². The van der Waals surface area contributed by atoms with Gasteiger partial charge in [-0.15, -0.1) is 0 Å². The van der Waals surface area contributed by atoms with Gasteiger partial charge in [0, 0.05) is 19.3 Å². The largest absolute Gasteiger partial charge is 0.370 e. The Balaban J connectivity index is 1.54. The molecule has 0 amide bonds. The average Bonchev–Trinajstić information content (AvgIpc) is 2.52. The van der Waals surface area contributed by atoms with Crippen LogP contribution in [0.3, 0.4) is 0 Å². The zero-order valence-corrected chi connectivity index (χ0v) is 13.4. The fourth-order valence-electron chi connectivity index (χ4n) is 4.10. The van der Waals surface area contributed by atoms with Gasteiger partial charge in [-0.3, -0.25) is 4.90 Å². The van der Waals surface area contributed by atoms with E-state index in [0.29, 0.717) is 5.41 Å². The van der Waals surface area contributed by atoms with Crippen molar-refractivity contribution < 1.29 is 0 Å². The molecule has 1 saturated carbocycles. The van der Waals surface area contributed by atoms with Crippen molar-refractivity contribution in [3.63, 3.8) is 0 Å². The summed E-state index contributed by atoms with van der Waals surface area (Å²) < 4.78 is 0. The molecule has 1 spiro atoms. The third-order valence-corrected chi connectivity index (χ3v) is 5.42. The van der Waals surface area contributed by atoms with Crippen molar-refractivity contribution in [2.75, 3.05) is 25.0 Å². The Hall–Kier alpha value is -1.09. The quantitative estimate of drug-likeness (QED) is 0.905. The highest BCUT2D eigenvalue weighted by atomic mass is 15.1. The Labute approximate surface area is 129 Å². The molecule has 0 radical (unpaired) electrons. The van der Waals surface area contributed by atoms with E-state index in [0.717, 1.165) is 18.9 Å². The molecule has 2 aliphatic rings. The summed E-state index contributed by atoms with van der Waals surface area (Å²) in [7, 11) is 0. The van der Waals surface area contributed by atoms with Gasteiger partial charge in [0.2, 0.25) is 0 Å². The number of nitrogens with one attached hydrogen (secondary N) is 1. The van der Waals surface area contributed by atoms with Crippen LogP contribution in [0.5, 0.6) is 0 Å². The summed E-state index contributed by atoms with van der Waals surface area (Å²) in [6, 6.07) is 4.36. The van der Waals surface area contributed by atoms with Gasteiger partial charge in [0.15, 0.2) is 0 Å². The van der Waals surface area contributed by atoms with Crippen LogP contribution in [-0.4, -0.2) is 29.5 Å². The predicted octanol–water partition coefficient (Wildman–Crippen LogP) is 4.06. The van der Waals surface area contributed by atoms with Crippen LogP contribution in [0.4, 0.5) is 5.82 Å². The van der Waals surface area contributed by atoms with Crippen molar-refractivity contribution in [1.29, 1.82) is 0 Å². The van der Waals surface area contributed by atoms with Gasteiger partial charge >= 0.3 is 0 Å². The second-order valence-electron chi connectivity index (χ2n) is 6.92. The molecule has 3 nitrogen and oxygen atoms in total. The van der Waals surface area contributed by atoms with Crippen LogP contribution >= 0.6 is 0 Å². The number of piperidine rings is 1. The second kappa shape index (κ2) is 6.78. The predicted molar refractivity (Wildman–Crippen MR) is 88.4 cm³/mol. The summed E-state index contributed by atoms with van der Waals surface area (Å²) in [6.07, 6.45) is 12.1. The Bertz CT molecular complexity index is 442. The molecule has 0 atom stereocenters. The van der Waals surface area contributed by atoms with Crippen molar-refractivity contribution in [3.8, 4) is 0 Å². The van der Waals surface area contributed by atoms with E-state index in [4.69, 9.17) is 0 Å². The zero-order valence-electron chi connectivity index (χ0n) is 13.4. The van der Waals surface area contributed by atoms with E-state index in [9.17, 15) is 0 Å². The summed E-state index contributed by atoms with van der Waals surface area (Å²) in [5.41, 5.74) is 2.10. The number of aromatic nitrogens is 1. The highest BCUT2D eigenvalue weighted by molar-refractivity contribution is 5.37. The molecular formula is C18H29N3. The third kappa shape index (κ3) is 3.76. The zero-order chi connectivity index (χ0) is 14.5. The summed E-state index contributed by atoms with van der Waals surface area (Å²) in [5.74, 6) is 1.01. The topological polar surface area (TPSA) is 28.2 Å². The lowest BCUT2D eigenvalue weighted by atomic mass is 9.68. The van der Waals surface area contributed by atoms with Gasteiger partial charge in [0.05, 0.1) is 0 Å². The number of pyridine rings is 1. The molecule has 2 heterocycles. The van der Waals surface area contributed by atoms with Crippen LogP contribution in [0.15, 0.2) is 18.3 Å². The lowest BCUT2D eigenvalue weighted by Crippen LogP contribution is -2.40. The molecule has 0 unspecified atom stereocenters. The molecule has 21 heavy (non-hydrogen) atoms. The maximum atomic E-state index is 4.36.